The Bertz CT molecular complexity index is 392. The Balaban J connectivity index is 2.85. The molecule has 1 aromatic carbocycles. The van der Waals surface area contributed by atoms with Crippen LogP contribution >= 0.6 is 0 Å². The summed E-state index contributed by atoms with van der Waals surface area (Å²) >= 11 is 0. The summed E-state index contributed by atoms with van der Waals surface area (Å²) in [5, 5.41) is 18.5. The number of hydrogen-bond donors (Lipinski definition) is 2. The van der Waals surface area contributed by atoms with Crippen LogP contribution in [0.25, 0.3) is 0 Å². The average molecular weight is 277 g/mol. The van der Waals surface area contributed by atoms with Crippen molar-refractivity contribution >= 4 is 12.6 Å². The van der Waals surface area contributed by atoms with Crippen molar-refractivity contribution in [2.75, 3.05) is 6.54 Å². The molecule has 0 atom stereocenters. The first kappa shape index (κ1) is 17.2. The lowest BCUT2D eigenvalue weighted by molar-refractivity contribution is 0.157. The van der Waals surface area contributed by atoms with Crippen LogP contribution < -0.4 is 5.46 Å². The smallest absolute Gasteiger partial charge is 0.423 e. The van der Waals surface area contributed by atoms with Gasteiger partial charge in [-0.25, -0.2) is 0 Å². The maximum absolute atomic E-state index is 9.27. The van der Waals surface area contributed by atoms with Gasteiger partial charge in [-0.1, -0.05) is 52.0 Å². The van der Waals surface area contributed by atoms with Crippen LogP contribution in [0.5, 0.6) is 0 Å². The summed E-state index contributed by atoms with van der Waals surface area (Å²) in [7, 11) is -1.39. The summed E-state index contributed by atoms with van der Waals surface area (Å²) in [5.74, 6) is 0.627. The van der Waals surface area contributed by atoms with Crippen molar-refractivity contribution in [3.05, 3.63) is 29.8 Å². The van der Waals surface area contributed by atoms with Gasteiger partial charge in [-0.05, 0) is 29.8 Å². The van der Waals surface area contributed by atoms with Gasteiger partial charge in [0.2, 0.25) is 0 Å². The van der Waals surface area contributed by atoms with Crippen LogP contribution in [0.2, 0.25) is 0 Å². The first-order valence-electron chi connectivity index (χ1n) is 7.66. The molecule has 0 radical (unpaired) electrons. The first-order valence-corrected chi connectivity index (χ1v) is 7.66. The van der Waals surface area contributed by atoms with Crippen LogP contribution in [0.3, 0.4) is 0 Å². The zero-order valence-corrected chi connectivity index (χ0v) is 13.2. The van der Waals surface area contributed by atoms with Gasteiger partial charge in [0, 0.05) is 19.1 Å². The Morgan fingerprint density at radius 1 is 1.15 bits per heavy atom. The molecule has 0 saturated carbocycles. The second-order valence-electron chi connectivity index (χ2n) is 5.91. The minimum Gasteiger partial charge on any atom is -0.423 e. The average Bonchev–Trinajstić information content (AvgIpc) is 2.39. The highest BCUT2D eigenvalue weighted by atomic mass is 16.4. The quantitative estimate of drug-likeness (QED) is 0.714. The monoisotopic (exact) mass is 277 g/mol. The third-order valence-corrected chi connectivity index (χ3v) is 3.69. The number of benzene rings is 1. The van der Waals surface area contributed by atoms with Crippen molar-refractivity contribution in [2.24, 2.45) is 5.92 Å². The van der Waals surface area contributed by atoms with E-state index in [0.29, 0.717) is 17.4 Å². The number of rotatable bonds is 8. The van der Waals surface area contributed by atoms with Gasteiger partial charge in [0.15, 0.2) is 0 Å². The highest BCUT2D eigenvalue weighted by Gasteiger charge is 2.18. The van der Waals surface area contributed by atoms with Gasteiger partial charge >= 0.3 is 7.12 Å². The lowest BCUT2D eigenvalue weighted by Crippen LogP contribution is -2.37. The van der Waals surface area contributed by atoms with Gasteiger partial charge in [0.1, 0.15) is 0 Å². The van der Waals surface area contributed by atoms with Crippen LogP contribution in [-0.4, -0.2) is 34.7 Å². The summed E-state index contributed by atoms with van der Waals surface area (Å²) in [5.41, 5.74) is 1.71. The Morgan fingerprint density at radius 2 is 1.80 bits per heavy atom. The van der Waals surface area contributed by atoms with E-state index in [1.807, 2.05) is 12.1 Å². The van der Waals surface area contributed by atoms with Crippen molar-refractivity contribution in [3.63, 3.8) is 0 Å². The summed E-state index contributed by atoms with van der Waals surface area (Å²) in [6, 6.07) is 8.17. The molecule has 0 bridgehead atoms. The van der Waals surface area contributed by atoms with Gasteiger partial charge in [-0.3, -0.25) is 4.90 Å². The van der Waals surface area contributed by atoms with E-state index in [4.69, 9.17) is 0 Å². The Labute approximate surface area is 123 Å². The van der Waals surface area contributed by atoms with Crippen LogP contribution in [-0.2, 0) is 6.54 Å². The molecular weight excluding hydrogens is 249 g/mol. The fourth-order valence-electron chi connectivity index (χ4n) is 2.70. The molecule has 0 saturated heterocycles. The molecule has 0 aliphatic heterocycles. The van der Waals surface area contributed by atoms with Crippen molar-refractivity contribution < 1.29 is 10.0 Å². The second-order valence-corrected chi connectivity index (χ2v) is 5.91. The minimum atomic E-state index is -1.39. The van der Waals surface area contributed by atoms with E-state index in [2.05, 4.69) is 38.7 Å². The van der Waals surface area contributed by atoms with Gasteiger partial charge in [-0.2, -0.15) is 0 Å². The van der Waals surface area contributed by atoms with Crippen molar-refractivity contribution in [1.29, 1.82) is 0 Å². The predicted octanol–water partition coefficient (Wildman–Crippen LogP) is 2.01. The topological polar surface area (TPSA) is 43.7 Å². The number of nitrogens with zero attached hydrogens (tertiary/aromatic N) is 1. The molecule has 0 aliphatic carbocycles. The molecule has 20 heavy (non-hydrogen) atoms. The van der Waals surface area contributed by atoms with E-state index >= 15 is 0 Å². The van der Waals surface area contributed by atoms with E-state index in [1.165, 1.54) is 0 Å². The normalized spacial score (nSPS) is 11.7. The fourth-order valence-corrected chi connectivity index (χ4v) is 2.70. The van der Waals surface area contributed by atoms with E-state index in [1.54, 1.807) is 6.07 Å². The molecular formula is C16H28BNO2. The van der Waals surface area contributed by atoms with Crippen molar-refractivity contribution in [3.8, 4) is 0 Å². The highest BCUT2D eigenvalue weighted by molar-refractivity contribution is 6.58. The van der Waals surface area contributed by atoms with E-state index < -0.39 is 7.12 Å². The standard InChI is InChI=1S/C16H28BNO2/c1-5-16(6-2)18(11-13(3)4)12-14-8-7-9-15(10-14)17(19)20/h7-10,13,16,19-20H,5-6,11-12H2,1-4H3. The summed E-state index contributed by atoms with van der Waals surface area (Å²) in [6.45, 7) is 10.9. The Morgan fingerprint density at radius 3 is 2.30 bits per heavy atom. The van der Waals surface area contributed by atoms with Gasteiger partial charge in [0.25, 0.3) is 0 Å². The third-order valence-electron chi connectivity index (χ3n) is 3.69. The molecule has 1 aromatic rings. The molecule has 0 amide bonds. The Kier molecular flexibility index (Phi) is 7.28. The van der Waals surface area contributed by atoms with Crippen LogP contribution in [0, 0.1) is 5.92 Å². The molecule has 0 aromatic heterocycles. The molecule has 2 N–H and O–H groups in total. The lowest BCUT2D eigenvalue weighted by atomic mass is 9.79. The largest absolute Gasteiger partial charge is 0.488 e. The predicted molar refractivity (Wildman–Crippen MR) is 85.9 cm³/mol. The van der Waals surface area contributed by atoms with Crippen LogP contribution in [0.15, 0.2) is 24.3 Å². The molecule has 0 fully saturated rings. The molecule has 0 spiro atoms. The van der Waals surface area contributed by atoms with Gasteiger partial charge < -0.3 is 10.0 Å². The third kappa shape index (κ3) is 5.27. The summed E-state index contributed by atoms with van der Waals surface area (Å²) in [6.07, 6.45) is 2.29. The molecule has 4 heteroatoms. The SMILES string of the molecule is CCC(CC)N(Cc1cccc(B(O)O)c1)CC(C)C. The zero-order chi connectivity index (χ0) is 15.1. The molecule has 3 nitrogen and oxygen atoms in total. The first-order chi connectivity index (χ1) is 9.47. The molecule has 1 rings (SSSR count). The summed E-state index contributed by atoms with van der Waals surface area (Å²) < 4.78 is 0. The number of hydrogen-bond acceptors (Lipinski definition) is 3. The van der Waals surface area contributed by atoms with Crippen LogP contribution in [0.4, 0.5) is 0 Å². The van der Waals surface area contributed by atoms with E-state index in [9.17, 15) is 10.0 Å². The summed E-state index contributed by atoms with van der Waals surface area (Å²) in [4.78, 5) is 2.51. The zero-order valence-electron chi connectivity index (χ0n) is 13.2. The molecule has 0 unspecified atom stereocenters. The van der Waals surface area contributed by atoms with Crippen molar-refractivity contribution in [2.45, 2.75) is 53.1 Å². The second kappa shape index (κ2) is 8.45. The molecule has 0 aliphatic rings. The van der Waals surface area contributed by atoms with Gasteiger partial charge in [-0.15, -0.1) is 0 Å². The van der Waals surface area contributed by atoms with Crippen LogP contribution in [0.1, 0.15) is 46.1 Å². The van der Waals surface area contributed by atoms with E-state index in [-0.39, 0.29) is 0 Å². The van der Waals surface area contributed by atoms with Gasteiger partial charge in [0.05, 0.1) is 0 Å². The molecule has 0 heterocycles. The fraction of sp³-hybridized carbons (Fsp3) is 0.625. The maximum Gasteiger partial charge on any atom is 0.488 e. The Hall–Kier alpha value is -0.835. The lowest BCUT2D eigenvalue weighted by Gasteiger charge is -2.32. The highest BCUT2D eigenvalue weighted by Crippen LogP contribution is 2.15. The minimum absolute atomic E-state index is 0.566. The van der Waals surface area contributed by atoms with Crippen molar-refractivity contribution in [1.82, 2.24) is 4.90 Å². The maximum atomic E-state index is 9.27. The van der Waals surface area contributed by atoms with E-state index in [0.717, 1.165) is 31.5 Å². The molecule has 112 valence electrons.